The largest absolute Gasteiger partial charge is 0.457 e. The highest BCUT2D eigenvalue weighted by Gasteiger charge is 2.18. The summed E-state index contributed by atoms with van der Waals surface area (Å²) < 4.78 is 7.68. The predicted molar refractivity (Wildman–Crippen MR) is 121 cm³/mol. The SMILES string of the molecule is Cc1ccc(Oc2ccc(NCc3cc(=O)n4c5c(sc4n3)CCCC5)cc2)cc1. The number of anilines is 1. The third-order valence-corrected chi connectivity index (χ3v) is 6.54. The molecule has 6 heteroatoms. The number of aryl methyl sites for hydroxylation is 3. The number of benzene rings is 2. The Labute approximate surface area is 179 Å². The van der Waals surface area contributed by atoms with Gasteiger partial charge in [0.15, 0.2) is 4.96 Å². The predicted octanol–water partition coefficient (Wildman–Crippen LogP) is 5.35. The van der Waals surface area contributed by atoms with Crippen molar-refractivity contribution >= 4 is 22.0 Å². The summed E-state index contributed by atoms with van der Waals surface area (Å²) in [7, 11) is 0. The zero-order chi connectivity index (χ0) is 20.5. The van der Waals surface area contributed by atoms with Crippen molar-refractivity contribution in [1.82, 2.24) is 9.38 Å². The summed E-state index contributed by atoms with van der Waals surface area (Å²) in [5.74, 6) is 1.60. The van der Waals surface area contributed by atoms with Gasteiger partial charge >= 0.3 is 0 Å². The van der Waals surface area contributed by atoms with E-state index in [4.69, 9.17) is 9.72 Å². The molecule has 152 valence electrons. The fraction of sp³-hybridized carbons (Fsp3) is 0.250. The summed E-state index contributed by atoms with van der Waals surface area (Å²) in [6.07, 6.45) is 4.39. The molecule has 0 saturated carbocycles. The molecule has 5 rings (SSSR count). The van der Waals surface area contributed by atoms with E-state index in [1.54, 1.807) is 21.8 Å². The Bertz CT molecular complexity index is 1240. The lowest BCUT2D eigenvalue weighted by molar-refractivity contribution is 0.482. The molecule has 1 aliphatic rings. The molecule has 30 heavy (non-hydrogen) atoms. The van der Waals surface area contributed by atoms with Crippen LogP contribution in [0.4, 0.5) is 5.69 Å². The van der Waals surface area contributed by atoms with Crippen molar-refractivity contribution < 1.29 is 4.74 Å². The van der Waals surface area contributed by atoms with Crippen LogP contribution in [-0.4, -0.2) is 9.38 Å². The maximum absolute atomic E-state index is 12.7. The van der Waals surface area contributed by atoms with Crippen LogP contribution in [0.3, 0.4) is 0 Å². The number of aromatic nitrogens is 2. The molecule has 0 aliphatic heterocycles. The number of ether oxygens (including phenoxy) is 1. The average molecular weight is 418 g/mol. The Morgan fingerprint density at radius 3 is 2.50 bits per heavy atom. The number of thiazole rings is 1. The highest BCUT2D eigenvalue weighted by atomic mass is 32.1. The minimum absolute atomic E-state index is 0.0260. The molecule has 1 N–H and O–H groups in total. The molecule has 0 radical (unpaired) electrons. The van der Waals surface area contributed by atoms with Crippen molar-refractivity contribution in [3.8, 4) is 11.5 Å². The fourth-order valence-electron chi connectivity index (χ4n) is 3.81. The zero-order valence-corrected chi connectivity index (χ0v) is 17.7. The maximum atomic E-state index is 12.7. The smallest absolute Gasteiger partial charge is 0.259 e. The summed E-state index contributed by atoms with van der Waals surface area (Å²) in [4.78, 5) is 19.5. The lowest BCUT2D eigenvalue weighted by Crippen LogP contribution is -2.18. The molecule has 0 bridgehead atoms. The molecule has 0 fully saturated rings. The van der Waals surface area contributed by atoms with Crippen LogP contribution in [0, 0.1) is 6.92 Å². The summed E-state index contributed by atoms with van der Waals surface area (Å²) in [5, 5.41) is 3.35. The van der Waals surface area contributed by atoms with Crippen LogP contribution in [0.5, 0.6) is 11.5 Å². The summed E-state index contributed by atoms with van der Waals surface area (Å²) in [6.45, 7) is 2.56. The quantitative estimate of drug-likeness (QED) is 0.476. The van der Waals surface area contributed by atoms with Crippen LogP contribution in [0.1, 0.15) is 34.7 Å². The Hall–Kier alpha value is -3.12. The van der Waals surface area contributed by atoms with E-state index in [9.17, 15) is 4.79 Å². The lowest BCUT2D eigenvalue weighted by Gasteiger charge is -2.10. The first-order valence-corrected chi connectivity index (χ1v) is 11.1. The summed E-state index contributed by atoms with van der Waals surface area (Å²) in [5.41, 5.74) is 4.12. The van der Waals surface area contributed by atoms with Gasteiger partial charge in [0.25, 0.3) is 5.56 Å². The number of hydrogen-bond acceptors (Lipinski definition) is 5. The Morgan fingerprint density at radius 2 is 1.73 bits per heavy atom. The number of fused-ring (bicyclic) bond motifs is 3. The van der Waals surface area contributed by atoms with E-state index in [2.05, 4.69) is 12.2 Å². The molecule has 0 spiro atoms. The van der Waals surface area contributed by atoms with Crippen molar-refractivity contribution in [1.29, 1.82) is 0 Å². The van der Waals surface area contributed by atoms with Gasteiger partial charge in [0, 0.05) is 22.3 Å². The third-order valence-electron chi connectivity index (χ3n) is 5.40. The van der Waals surface area contributed by atoms with Crippen LogP contribution in [0.25, 0.3) is 4.96 Å². The molecule has 4 aromatic rings. The second kappa shape index (κ2) is 7.95. The van der Waals surface area contributed by atoms with Crippen molar-refractivity contribution in [2.75, 3.05) is 5.32 Å². The number of nitrogens with one attached hydrogen (secondary N) is 1. The van der Waals surface area contributed by atoms with Crippen LogP contribution < -0.4 is 15.6 Å². The number of hydrogen-bond donors (Lipinski definition) is 1. The molecule has 0 saturated heterocycles. The van der Waals surface area contributed by atoms with Crippen LogP contribution >= 0.6 is 11.3 Å². The average Bonchev–Trinajstić information content (AvgIpc) is 3.14. The maximum Gasteiger partial charge on any atom is 0.259 e. The first-order valence-electron chi connectivity index (χ1n) is 10.3. The third kappa shape index (κ3) is 3.83. The van der Waals surface area contributed by atoms with Gasteiger partial charge in [0.2, 0.25) is 0 Å². The van der Waals surface area contributed by atoms with Gasteiger partial charge in [0.1, 0.15) is 11.5 Å². The van der Waals surface area contributed by atoms with Gasteiger partial charge in [-0.15, -0.1) is 11.3 Å². The van der Waals surface area contributed by atoms with E-state index in [0.29, 0.717) is 6.54 Å². The highest BCUT2D eigenvalue weighted by Crippen LogP contribution is 2.28. The number of rotatable bonds is 5. The fourth-order valence-corrected chi connectivity index (χ4v) is 5.04. The molecule has 5 nitrogen and oxygen atoms in total. The second-order valence-corrected chi connectivity index (χ2v) is 8.74. The number of nitrogens with zero attached hydrogens (tertiary/aromatic N) is 2. The van der Waals surface area contributed by atoms with E-state index in [1.165, 1.54) is 22.6 Å². The first-order chi connectivity index (χ1) is 14.7. The normalized spacial score (nSPS) is 13.2. The Kier molecular flexibility index (Phi) is 5.01. The van der Waals surface area contributed by atoms with Crippen molar-refractivity contribution in [3.63, 3.8) is 0 Å². The van der Waals surface area contributed by atoms with Gasteiger partial charge < -0.3 is 10.1 Å². The first kappa shape index (κ1) is 18.9. The van der Waals surface area contributed by atoms with Gasteiger partial charge in [-0.05, 0) is 69.0 Å². The van der Waals surface area contributed by atoms with E-state index in [1.807, 2.05) is 48.5 Å². The molecule has 2 heterocycles. The second-order valence-electron chi connectivity index (χ2n) is 7.68. The molecular weight excluding hydrogens is 394 g/mol. The molecule has 0 atom stereocenters. The molecule has 1 aliphatic carbocycles. The zero-order valence-electron chi connectivity index (χ0n) is 16.9. The topological polar surface area (TPSA) is 55.6 Å². The standard InChI is InChI=1S/C24H23N3O2S/c1-16-6-10-19(11-7-16)29-20-12-8-17(9-13-20)25-15-18-14-23(28)27-21-4-2-3-5-22(21)30-24(27)26-18/h6-14,25H,2-5,15H2,1H3. The van der Waals surface area contributed by atoms with Gasteiger partial charge in [-0.2, -0.15) is 0 Å². The molecule has 2 aromatic carbocycles. The van der Waals surface area contributed by atoms with E-state index in [-0.39, 0.29) is 5.56 Å². The minimum atomic E-state index is 0.0260. The minimum Gasteiger partial charge on any atom is -0.457 e. The summed E-state index contributed by atoms with van der Waals surface area (Å²) in [6, 6.07) is 17.4. The van der Waals surface area contributed by atoms with Gasteiger partial charge in [0.05, 0.1) is 12.2 Å². The molecular formula is C24H23N3O2S. The van der Waals surface area contributed by atoms with Crippen molar-refractivity contribution in [2.24, 2.45) is 0 Å². The Balaban J connectivity index is 1.28. The van der Waals surface area contributed by atoms with Crippen LogP contribution in [0.15, 0.2) is 59.4 Å². The molecule has 0 amide bonds. The van der Waals surface area contributed by atoms with E-state index in [0.717, 1.165) is 47.1 Å². The summed E-state index contributed by atoms with van der Waals surface area (Å²) >= 11 is 1.66. The van der Waals surface area contributed by atoms with Crippen LogP contribution in [0.2, 0.25) is 0 Å². The van der Waals surface area contributed by atoms with Crippen molar-refractivity contribution in [2.45, 2.75) is 39.2 Å². The van der Waals surface area contributed by atoms with Gasteiger partial charge in [-0.1, -0.05) is 17.7 Å². The Morgan fingerprint density at radius 1 is 1.03 bits per heavy atom. The monoisotopic (exact) mass is 417 g/mol. The lowest BCUT2D eigenvalue weighted by atomic mass is 10.0. The van der Waals surface area contributed by atoms with Gasteiger partial charge in [-0.25, -0.2) is 4.98 Å². The van der Waals surface area contributed by atoms with E-state index < -0.39 is 0 Å². The van der Waals surface area contributed by atoms with Gasteiger partial charge in [-0.3, -0.25) is 9.20 Å². The van der Waals surface area contributed by atoms with E-state index >= 15 is 0 Å². The molecule has 2 aromatic heterocycles. The molecule has 0 unspecified atom stereocenters. The highest BCUT2D eigenvalue weighted by molar-refractivity contribution is 7.17. The van der Waals surface area contributed by atoms with Crippen molar-refractivity contribution in [3.05, 3.63) is 86.8 Å². The van der Waals surface area contributed by atoms with Crippen LogP contribution in [-0.2, 0) is 19.4 Å².